The van der Waals surface area contributed by atoms with Gasteiger partial charge in [-0.05, 0) is 210 Å². The van der Waals surface area contributed by atoms with E-state index in [9.17, 15) is 67.7 Å². The van der Waals surface area contributed by atoms with Crippen LogP contribution in [0.1, 0.15) is 249 Å². The lowest BCUT2D eigenvalue weighted by Crippen LogP contribution is -2.65. The molecule has 0 bridgehead atoms. The maximum atomic E-state index is 15.3. The van der Waals surface area contributed by atoms with Gasteiger partial charge in [0, 0.05) is 19.4 Å². The van der Waals surface area contributed by atoms with Crippen molar-refractivity contribution in [1.82, 2.24) is 79.4 Å². The molecule has 24 N–H and O–H groups in total. The highest BCUT2D eigenvalue weighted by Crippen LogP contribution is 2.26. The molecule has 0 aliphatic carbocycles. The molecule has 18 atom stereocenters. The first-order valence-electron chi connectivity index (χ1n) is 46.6. The van der Waals surface area contributed by atoms with E-state index >= 15 is 19.2 Å². The van der Waals surface area contributed by atoms with E-state index in [4.69, 9.17) is 23.0 Å². The van der Waals surface area contributed by atoms with Crippen molar-refractivity contribution < 1.29 is 86.9 Å². The number of aromatic hydroxyl groups is 1. The van der Waals surface area contributed by atoms with Crippen LogP contribution < -0.4 is 97.6 Å². The highest BCUT2D eigenvalue weighted by Gasteiger charge is 2.46. The van der Waals surface area contributed by atoms with Crippen LogP contribution in [0.25, 0.3) is 0 Å². The van der Waals surface area contributed by atoms with E-state index in [0.717, 1.165) is 0 Å². The number of ketones is 2. The Morgan fingerprint density at radius 1 is 0.569 bits per heavy atom. The van der Waals surface area contributed by atoms with E-state index in [2.05, 4.69) is 74.5 Å². The number of Topliss-reactive ketones (excluding diaryl/α,β-unsaturated/α-hetero) is 2. The SMILES string of the molecule is CC[C@H](C)[C@@H]1NC(=O)C(C(C)C)NC(=O)C(C)(N[C@@H](C)C(=O)C(=O)[C@@H]2CCCN2C(=O)[C@H](CCCCN)NN)CCCCCCC=CCCCC(C)(C(=O)NC(C)C(=O)N[C@@H](Cc2ccc(O)cc2)C(=O)N[C@H](C(=O)N[C@@H](CC(C)C)C(=O)NC(C=O)CO)[C@@H](C)CC)NC(=O)[C@H](C)NC(=O)C(CCCCN)NC(=O)[C@H](CCCCN)NC(=O)C(Cc2ccccc2)NC1=O. The fraction of sp³-hybridized carbons (Fsp3) is 0.677. The topological polar surface area (TPSA) is 589 Å². The second-order valence-electron chi connectivity index (χ2n) is 36.1. The number of benzene rings is 2. The molecule has 2 aromatic rings. The third kappa shape index (κ3) is 36.9. The number of aldehydes is 1. The van der Waals surface area contributed by atoms with Crippen LogP contribution in [0.3, 0.4) is 0 Å². The van der Waals surface area contributed by atoms with E-state index in [1.807, 2.05) is 12.2 Å². The van der Waals surface area contributed by atoms with E-state index in [1.54, 1.807) is 92.6 Å². The Bertz CT molecular complexity index is 4030. The lowest BCUT2D eigenvalue weighted by Gasteiger charge is -2.35. The van der Waals surface area contributed by atoms with Gasteiger partial charge in [0.25, 0.3) is 0 Å². The third-order valence-electron chi connectivity index (χ3n) is 24.3. The molecule has 0 radical (unpaired) electrons. The number of hydrogen-bond donors (Lipinski definition) is 20. The number of hydrogen-bond acceptors (Lipinski definition) is 24. The minimum absolute atomic E-state index is 0.00620. The zero-order valence-electron chi connectivity index (χ0n) is 78.7. The maximum absolute atomic E-state index is 15.3. The summed E-state index contributed by atoms with van der Waals surface area (Å²) in [7, 11) is 0. The molecule has 2 heterocycles. The van der Waals surface area contributed by atoms with Crippen LogP contribution in [0.2, 0.25) is 0 Å². The normalized spacial score (nSPS) is 23.4. The van der Waals surface area contributed by atoms with Gasteiger partial charge in [0.2, 0.25) is 88.4 Å². The van der Waals surface area contributed by atoms with Gasteiger partial charge in [-0.25, -0.2) is 5.43 Å². The van der Waals surface area contributed by atoms with Gasteiger partial charge in [-0.3, -0.25) is 83.1 Å². The standard InChI is InChI=1S/C93H153N19O18/c1-14-58(7)75(87(126)104-70(51-56(3)4)83(122)100-65(54-113)55-114)106-85(124)72(53-64-41-43-66(115)44-42-64)103-79(118)61(10)99-90(129)93(13)46-30-22-20-18-16-17-19-21-29-45-92(12,109-60(9)77(116)78(117)73-40-34-50-112(73)89(128)69(111-97)39-28-33-49-96)91(130)108-74(57(5)6)86(125)107-76(59(8)15-2)88(127)105-71(52-63-35-24-23-25-36-63)84(123)102-68(38-27-32-48-95)82(121)101-67(37-26-31-47-94)81(120)98-62(11)80(119)110-93/h18,20,23-25,35-36,41-44,54,56-62,65,67-76,109,111,114-115H,14-17,19,21-22,26-34,37-40,45-53,55,94-97H2,1-13H3,(H,98,120)(H,99,129)(H,100,122)(H,101,121)(H,102,123)(H,103,118)(H,104,126)(H,105,127)(H,106,124)(H,107,125)(H,108,130)(H,110,119)/t58-,59-,60-,61?,62-,65?,67?,68-,69-,70-,71?,72-,73-,74?,75-,76-,92?,93?/m0/s1. The number of hydrazine groups is 1. The van der Waals surface area contributed by atoms with Crippen LogP contribution in [-0.4, -0.2) is 238 Å². The summed E-state index contributed by atoms with van der Waals surface area (Å²) in [5.74, 6) is -8.00. The summed E-state index contributed by atoms with van der Waals surface area (Å²) in [6.07, 6.45) is 11.8. The molecule has 13 amide bonds. The lowest BCUT2D eigenvalue weighted by molar-refractivity contribution is -0.145. The first-order chi connectivity index (χ1) is 61.7. The Morgan fingerprint density at radius 3 is 1.72 bits per heavy atom. The quantitative estimate of drug-likeness (QED) is 0.0112. The Kier molecular flexibility index (Phi) is 49.9. The van der Waals surface area contributed by atoms with E-state index in [0.29, 0.717) is 127 Å². The highest BCUT2D eigenvalue weighted by atomic mass is 16.3. The molecule has 37 heteroatoms. The molecule has 2 aromatic carbocycles. The summed E-state index contributed by atoms with van der Waals surface area (Å²) < 4.78 is 0. The summed E-state index contributed by atoms with van der Waals surface area (Å²) >= 11 is 0. The first kappa shape index (κ1) is 112. The van der Waals surface area contributed by atoms with Crippen molar-refractivity contribution in [1.29, 1.82) is 0 Å². The number of unbranched alkanes of at least 4 members (excludes halogenated alkanes) is 3. The van der Waals surface area contributed by atoms with Crippen molar-refractivity contribution in [3.8, 4) is 5.75 Å². The van der Waals surface area contributed by atoms with Crippen molar-refractivity contribution in [2.45, 2.75) is 346 Å². The average Bonchev–Trinajstić information content (AvgIpc) is 1.69. The van der Waals surface area contributed by atoms with Crippen LogP contribution in [-0.2, 0) is 89.6 Å². The van der Waals surface area contributed by atoms with Gasteiger partial charge in [0.1, 0.15) is 84.0 Å². The van der Waals surface area contributed by atoms with Crippen LogP contribution >= 0.6 is 0 Å². The molecule has 37 nitrogen and oxygen atoms in total. The summed E-state index contributed by atoms with van der Waals surface area (Å²) in [5, 5.41) is 56.2. The van der Waals surface area contributed by atoms with Gasteiger partial charge in [-0.1, -0.05) is 149 Å². The molecular formula is C93H153N19O18. The summed E-state index contributed by atoms with van der Waals surface area (Å²) in [5.41, 5.74) is 17.7. The van der Waals surface area contributed by atoms with Crippen LogP contribution in [0, 0.1) is 23.7 Å². The summed E-state index contributed by atoms with van der Waals surface area (Å²) in [4.78, 5) is 233. The number of phenolic OH excluding ortho intramolecular Hbond substituents is 1. The average molecular weight is 1830 g/mol. The minimum Gasteiger partial charge on any atom is -0.508 e. The molecule has 130 heavy (non-hydrogen) atoms. The smallest absolute Gasteiger partial charge is 0.246 e. The number of amides is 13. The number of rotatable bonds is 42. The fourth-order valence-corrected chi connectivity index (χ4v) is 15.6. The molecule has 2 aliphatic heterocycles. The van der Waals surface area contributed by atoms with E-state index in [1.165, 1.54) is 56.9 Å². The molecule has 1 fully saturated rings. The maximum Gasteiger partial charge on any atom is 0.246 e. The van der Waals surface area contributed by atoms with Crippen molar-refractivity contribution in [2.24, 2.45) is 46.7 Å². The minimum atomic E-state index is -1.86. The fourth-order valence-electron chi connectivity index (χ4n) is 15.6. The van der Waals surface area contributed by atoms with Gasteiger partial charge >= 0.3 is 0 Å². The number of phenols is 1. The number of carbonyl (C=O) groups excluding carboxylic acids is 16. The molecule has 1 saturated heterocycles. The molecule has 4 rings (SSSR count). The molecule has 0 aromatic heterocycles. The molecule has 7 unspecified atom stereocenters. The van der Waals surface area contributed by atoms with Gasteiger partial charge < -0.3 is 101 Å². The zero-order chi connectivity index (χ0) is 97.0. The Morgan fingerprint density at radius 2 is 1.14 bits per heavy atom. The Labute approximate surface area is 766 Å². The number of nitrogens with one attached hydrogen (secondary N) is 14. The first-order valence-corrected chi connectivity index (χ1v) is 46.6. The van der Waals surface area contributed by atoms with Gasteiger partial charge in [0.05, 0.1) is 30.3 Å². The highest BCUT2D eigenvalue weighted by molar-refractivity contribution is 6.41. The Balaban J connectivity index is 1.82. The predicted molar refractivity (Wildman–Crippen MR) is 494 cm³/mol. The van der Waals surface area contributed by atoms with E-state index in [-0.39, 0.29) is 89.1 Å². The number of allylic oxidation sites excluding steroid dienone is 2. The largest absolute Gasteiger partial charge is 0.508 e. The number of carbonyl (C=O) groups is 16. The van der Waals surface area contributed by atoms with Gasteiger partial charge in [0.15, 0.2) is 0 Å². The molecular weight excluding hydrogens is 1670 g/mol. The van der Waals surface area contributed by atoms with Crippen molar-refractivity contribution >= 4 is 94.6 Å². The lowest BCUT2D eigenvalue weighted by atomic mass is 9.89. The van der Waals surface area contributed by atoms with Crippen molar-refractivity contribution in [3.05, 3.63) is 77.9 Å². The number of nitrogens with zero attached hydrogens (tertiary/aromatic N) is 1. The zero-order valence-corrected chi connectivity index (χ0v) is 78.7. The van der Waals surface area contributed by atoms with Gasteiger partial charge in [-0.2, -0.15) is 0 Å². The predicted octanol–water partition coefficient (Wildman–Crippen LogP) is 1.58. The molecule has 0 saturated carbocycles. The second kappa shape index (κ2) is 57.9. The second-order valence-corrected chi connectivity index (χ2v) is 36.1. The molecule has 728 valence electrons. The summed E-state index contributed by atoms with van der Waals surface area (Å²) in [6, 6.07) is -3.60. The molecule has 0 spiro atoms. The summed E-state index contributed by atoms with van der Waals surface area (Å²) in [6.45, 7) is 21.5. The number of nitrogens with two attached hydrogens (primary N) is 4. The third-order valence-corrected chi connectivity index (χ3v) is 24.3. The van der Waals surface area contributed by atoms with Crippen molar-refractivity contribution in [3.63, 3.8) is 0 Å². The van der Waals surface area contributed by atoms with Gasteiger partial charge in [-0.15, -0.1) is 0 Å². The van der Waals surface area contributed by atoms with Crippen LogP contribution in [0.4, 0.5) is 0 Å². The number of aliphatic hydroxyl groups excluding tert-OH is 1. The Hall–Kier alpha value is -10.2. The van der Waals surface area contributed by atoms with Crippen LogP contribution in [0.15, 0.2) is 66.7 Å². The molecule has 2 aliphatic rings. The number of likely N-dealkylation sites (tertiary alicyclic amines) is 1. The van der Waals surface area contributed by atoms with Crippen LogP contribution in [0.5, 0.6) is 5.75 Å². The van der Waals surface area contributed by atoms with E-state index < -0.39 is 208 Å². The van der Waals surface area contributed by atoms with Crippen molar-refractivity contribution in [2.75, 3.05) is 32.8 Å². The number of aliphatic hydroxyl groups is 1. The monoisotopic (exact) mass is 1820 g/mol.